The number of benzene rings is 1. The molecular weight excluding hydrogens is 260 g/mol. The largest absolute Gasteiger partial charge is 0.352 e. The number of nitrogens with one attached hydrogen (secondary N) is 1. The van der Waals surface area contributed by atoms with Gasteiger partial charge >= 0.3 is 0 Å². The van der Waals surface area contributed by atoms with Crippen LogP contribution in [0.2, 0.25) is 0 Å². The second-order valence-corrected chi connectivity index (χ2v) is 6.38. The van der Waals surface area contributed by atoms with Gasteiger partial charge in [-0.15, -0.1) is 0 Å². The van der Waals surface area contributed by atoms with E-state index in [0.29, 0.717) is 6.54 Å². The first-order valence-electron chi connectivity index (χ1n) is 8.27. The lowest BCUT2D eigenvalue weighted by Crippen LogP contribution is -2.28. The molecule has 3 N–H and O–H groups in total. The first kappa shape index (κ1) is 16.0. The van der Waals surface area contributed by atoms with E-state index in [9.17, 15) is 4.79 Å². The highest BCUT2D eigenvalue weighted by molar-refractivity contribution is 5.95. The van der Waals surface area contributed by atoms with Crippen LogP contribution >= 0.6 is 0 Å². The minimum Gasteiger partial charge on any atom is -0.352 e. The highest BCUT2D eigenvalue weighted by atomic mass is 16.1. The van der Waals surface area contributed by atoms with E-state index in [4.69, 9.17) is 5.73 Å². The van der Waals surface area contributed by atoms with Crippen molar-refractivity contribution in [1.29, 1.82) is 0 Å². The SMILES string of the molecule is CC1CCCC(CCNC(=O)c2ccccc2CCN)C1. The summed E-state index contributed by atoms with van der Waals surface area (Å²) in [5, 5.41) is 3.08. The second-order valence-electron chi connectivity index (χ2n) is 6.38. The van der Waals surface area contributed by atoms with Crippen LogP contribution in [0.1, 0.15) is 54.9 Å². The van der Waals surface area contributed by atoms with Crippen molar-refractivity contribution < 1.29 is 4.79 Å². The van der Waals surface area contributed by atoms with Crippen LogP contribution in [-0.4, -0.2) is 19.0 Å². The Bertz CT molecular complexity index is 458. The van der Waals surface area contributed by atoms with Crippen molar-refractivity contribution in [3.8, 4) is 0 Å². The molecule has 0 saturated heterocycles. The lowest BCUT2D eigenvalue weighted by Gasteiger charge is -2.26. The van der Waals surface area contributed by atoms with E-state index in [1.807, 2.05) is 24.3 Å². The third-order valence-corrected chi connectivity index (χ3v) is 4.56. The molecule has 2 unspecified atom stereocenters. The molecule has 21 heavy (non-hydrogen) atoms. The number of hydrogen-bond donors (Lipinski definition) is 2. The summed E-state index contributed by atoms with van der Waals surface area (Å²) in [6, 6.07) is 7.76. The molecule has 1 amide bonds. The predicted molar refractivity (Wildman–Crippen MR) is 87.3 cm³/mol. The maximum atomic E-state index is 12.3. The summed E-state index contributed by atoms with van der Waals surface area (Å²) in [5.41, 5.74) is 7.43. The van der Waals surface area contributed by atoms with Crippen molar-refractivity contribution in [3.05, 3.63) is 35.4 Å². The van der Waals surface area contributed by atoms with Crippen LogP contribution in [0.4, 0.5) is 0 Å². The van der Waals surface area contributed by atoms with Crippen molar-refractivity contribution in [1.82, 2.24) is 5.32 Å². The third-order valence-electron chi connectivity index (χ3n) is 4.56. The fourth-order valence-corrected chi connectivity index (χ4v) is 3.42. The summed E-state index contributed by atoms with van der Waals surface area (Å²) >= 11 is 0. The Labute approximate surface area is 128 Å². The van der Waals surface area contributed by atoms with Gasteiger partial charge in [0.2, 0.25) is 0 Å². The highest BCUT2D eigenvalue weighted by Crippen LogP contribution is 2.30. The minimum atomic E-state index is 0.0444. The molecule has 0 spiro atoms. The van der Waals surface area contributed by atoms with Crippen LogP contribution in [0.5, 0.6) is 0 Å². The number of hydrogen-bond acceptors (Lipinski definition) is 2. The quantitative estimate of drug-likeness (QED) is 0.845. The number of nitrogens with two attached hydrogens (primary N) is 1. The van der Waals surface area contributed by atoms with E-state index in [0.717, 1.165) is 42.3 Å². The molecule has 3 nitrogen and oxygen atoms in total. The number of rotatable bonds is 6. The monoisotopic (exact) mass is 288 g/mol. The summed E-state index contributed by atoms with van der Waals surface area (Å²) < 4.78 is 0. The number of carbonyl (C=O) groups excluding carboxylic acids is 1. The molecule has 0 aliphatic heterocycles. The molecule has 1 aromatic carbocycles. The number of amides is 1. The molecule has 0 aromatic heterocycles. The van der Waals surface area contributed by atoms with Gasteiger partial charge in [0, 0.05) is 12.1 Å². The Morgan fingerprint density at radius 1 is 1.33 bits per heavy atom. The molecule has 0 bridgehead atoms. The van der Waals surface area contributed by atoms with Gasteiger partial charge in [-0.2, -0.15) is 0 Å². The van der Waals surface area contributed by atoms with Crippen LogP contribution < -0.4 is 11.1 Å². The second kappa shape index (κ2) is 8.18. The summed E-state index contributed by atoms with van der Waals surface area (Å²) in [7, 11) is 0. The van der Waals surface area contributed by atoms with Gasteiger partial charge in [-0.25, -0.2) is 0 Å². The first-order chi connectivity index (χ1) is 10.2. The van der Waals surface area contributed by atoms with Gasteiger partial charge in [-0.3, -0.25) is 4.79 Å². The van der Waals surface area contributed by atoms with E-state index in [1.54, 1.807) is 0 Å². The van der Waals surface area contributed by atoms with Gasteiger partial charge in [0.25, 0.3) is 5.91 Å². The van der Waals surface area contributed by atoms with Crippen LogP contribution in [-0.2, 0) is 6.42 Å². The van der Waals surface area contributed by atoms with Gasteiger partial charge < -0.3 is 11.1 Å². The topological polar surface area (TPSA) is 55.1 Å². The molecule has 1 saturated carbocycles. The van der Waals surface area contributed by atoms with E-state index >= 15 is 0 Å². The fraction of sp³-hybridized carbons (Fsp3) is 0.611. The standard InChI is InChI=1S/C18H28N2O/c1-14-5-4-6-15(13-14)10-12-20-18(21)17-8-3-2-7-16(17)9-11-19/h2-3,7-8,14-15H,4-6,9-13,19H2,1H3,(H,20,21). The molecule has 0 heterocycles. The molecule has 1 aliphatic rings. The van der Waals surface area contributed by atoms with Crippen molar-refractivity contribution in [3.63, 3.8) is 0 Å². The number of carbonyl (C=O) groups is 1. The van der Waals surface area contributed by atoms with E-state index in [-0.39, 0.29) is 5.91 Å². The van der Waals surface area contributed by atoms with E-state index in [2.05, 4.69) is 12.2 Å². The summed E-state index contributed by atoms with van der Waals surface area (Å²) in [6.07, 6.45) is 7.22. The molecule has 3 heteroatoms. The predicted octanol–water partition coefficient (Wildman–Crippen LogP) is 3.13. The first-order valence-corrected chi connectivity index (χ1v) is 8.27. The summed E-state index contributed by atoms with van der Waals surface area (Å²) in [4.78, 5) is 12.3. The maximum Gasteiger partial charge on any atom is 0.251 e. The maximum absolute atomic E-state index is 12.3. The Morgan fingerprint density at radius 3 is 2.90 bits per heavy atom. The average molecular weight is 288 g/mol. The van der Waals surface area contributed by atoms with Gasteiger partial charge in [0.1, 0.15) is 0 Å². The highest BCUT2D eigenvalue weighted by Gasteiger charge is 2.19. The normalized spacial score (nSPS) is 22.0. The van der Waals surface area contributed by atoms with Gasteiger partial charge in [-0.05, 0) is 49.3 Å². The van der Waals surface area contributed by atoms with Gasteiger partial charge in [-0.1, -0.05) is 44.4 Å². The molecule has 1 aromatic rings. The van der Waals surface area contributed by atoms with Crippen LogP contribution in [0, 0.1) is 11.8 Å². The van der Waals surface area contributed by atoms with Crippen molar-refractivity contribution in [2.24, 2.45) is 17.6 Å². The average Bonchev–Trinajstić information content (AvgIpc) is 2.48. The van der Waals surface area contributed by atoms with E-state index in [1.165, 1.54) is 25.7 Å². The lowest BCUT2D eigenvalue weighted by atomic mass is 9.81. The summed E-state index contributed by atoms with van der Waals surface area (Å²) in [5.74, 6) is 1.68. The Morgan fingerprint density at radius 2 is 2.14 bits per heavy atom. The zero-order chi connectivity index (χ0) is 15.1. The van der Waals surface area contributed by atoms with Crippen LogP contribution in [0.25, 0.3) is 0 Å². The minimum absolute atomic E-state index is 0.0444. The van der Waals surface area contributed by atoms with Gasteiger partial charge in [0.15, 0.2) is 0 Å². The van der Waals surface area contributed by atoms with Crippen molar-refractivity contribution >= 4 is 5.91 Å². The molecular formula is C18H28N2O. The molecule has 2 atom stereocenters. The van der Waals surface area contributed by atoms with E-state index < -0.39 is 0 Å². The Balaban J connectivity index is 1.81. The Kier molecular flexibility index (Phi) is 6.24. The molecule has 2 rings (SSSR count). The van der Waals surface area contributed by atoms with Crippen molar-refractivity contribution in [2.75, 3.05) is 13.1 Å². The van der Waals surface area contributed by atoms with Crippen LogP contribution in [0.15, 0.2) is 24.3 Å². The summed E-state index contributed by atoms with van der Waals surface area (Å²) in [6.45, 7) is 3.70. The smallest absolute Gasteiger partial charge is 0.251 e. The van der Waals surface area contributed by atoms with Crippen molar-refractivity contribution in [2.45, 2.75) is 45.4 Å². The zero-order valence-corrected chi connectivity index (χ0v) is 13.1. The molecule has 1 aliphatic carbocycles. The molecule has 0 radical (unpaired) electrons. The molecule has 1 fully saturated rings. The molecule has 116 valence electrons. The fourth-order valence-electron chi connectivity index (χ4n) is 3.42. The van der Waals surface area contributed by atoms with Gasteiger partial charge in [0.05, 0.1) is 0 Å². The zero-order valence-electron chi connectivity index (χ0n) is 13.1. The Hall–Kier alpha value is -1.35. The lowest BCUT2D eigenvalue weighted by molar-refractivity contribution is 0.0948. The third kappa shape index (κ3) is 4.85. The van der Waals surface area contributed by atoms with Crippen LogP contribution in [0.3, 0.4) is 0 Å².